The first-order valence-corrected chi connectivity index (χ1v) is 10.0. The van der Waals surface area contributed by atoms with Crippen molar-refractivity contribution >= 4 is 0 Å². The fourth-order valence-electron chi connectivity index (χ4n) is 2.63. The second-order valence-corrected chi connectivity index (χ2v) is 8.34. The molecule has 26 heavy (non-hydrogen) atoms. The number of hydrogen-bond donors (Lipinski definition) is 1. The lowest BCUT2D eigenvalue weighted by Crippen LogP contribution is -2.22. The largest absolute Gasteiger partial charge is 0.380 e. The van der Waals surface area contributed by atoms with Crippen molar-refractivity contribution in [3.8, 4) is 11.8 Å². The number of aliphatic hydroxyl groups excluding tert-OH is 1. The first kappa shape index (κ1) is 23.0. The Hall–Kier alpha value is -1.08. The van der Waals surface area contributed by atoms with Gasteiger partial charge < -0.3 is 14.6 Å². The minimum atomic E-state index is -0.529. The Labute approximate surface area is 160 Å². The smallest absolute Gasteiger partial charge is 0.157 e. The second kappa shape index (κ2) is 12.3. The van der Waals surface area contributed by atoms with E-state index in [1.54, 1.807) is 0 Å². The van der Waals surface area contributed by atoms with E-state index < -0.39 is 6.10 Å². The molecule has 0 aromatic carbocycles. The van der Waals surface area contributed by atoms with Crippen molar-refractivity contribution in [3.63, 3.8) is 0 Å². The maximum absolute atomic E-state index is 9.95. The third kappa shape index (κ3) is 12.3. The summed E-state index contributed by atoms with van der Waals surface area (Å²) in [5.74, 6) is 6.05. The summed E-state index contributed by atoms with van der Waals surface area (Å²) < 4.78 is 11.3. The van der Waals surface area contributed by atoms with E-state index in [1.165, 1.54) is 17.6 Å². The normalized spacial score (nSPS) is 20.5. The van der Waals surface area contributed by atoms with Gasteiger partial charge in [-0.1, -0.05) is 35.1 Å². The molecule has 3 nitrogen and oxygen atoms in total. The molecule has 1 N–H and O–H groups in total. The van der Waals surface area contributed by atoms with Crippen molar-refractivity contribution in [2.75, 3.05) is 13.2 Å². The van der Waals surface area contributed by atoms with Crippen LogP contribution in [0.2, 0.25) is 0 Å². The minimum Gasteiger partial charge on any atom is -0.380 e. The summed E-state index contributed by atoms with van der Waals surface area (Å²) in [5.41, 5.74) is 2.62. The summed E-state index contributed by atoms with van der Waals surface area (Å²) >= 11 is 0. The Morgan fingerprint density at radius 1 is 1.19 bits per heavy atom. The monoisotopic (exact) mass is 362 g/mol. The molecular formula is C23H38O3. The van der Waals surface area contributed by atoms with Gasteiger partial charge in [0.05, 0.1) is 6.61 Å². The van der Waals surface area contributed by atoms with Crippen LogP contribution in [-0.4, -0.2) is 30.7 Å². The molecular weight excluding hydrogens is 324 g/mol. The molecule has 0 aromatic heterocycles. The van der Waals surface area contributed by atoms with Gasteiger partial charge in [-0.2, -0.15) is 0 Å². The van der Waals surface area contributed by atoms with Gasteiger partial charge in [0.2, 0.25) is 0 Å². The lowest BCUT2D eigenvalue weighted by atomic mass is 9.97. The topological polar surface area (TPSA) is 38.7 Å². The molecule has 1 aliphatic rings. The highest BCUT2D eigenvalue weighted by atomic mass is 16.7. The number of ether oxygens (including phenoxy) is 2. The van der Waals surface area contributed by atoms with Crippen LogP contribution in [0.25, 0.3) is 0 Å². The first-order valence-electron chi connectivity index (χ1n) is 10.0. The van der Waals surface area contributed by atoms with Gasteiger partial charge in [-0.3, -0.25) is 0 Å². The lowest BCUT2D eigenvalue weighted by molar-refractivity contribution is -0.155. The molecule has 0 bridgehead atoms. The zero-order valence-corrected chi connectivity index (χ0v) is 17.4. The van der Waals surface area contributed by atoms with E-state index in [1.807, 2.05) is 0 Å². The summed E-state index contributed by atoms with van der Waals surface area (Å²) in [5, 5.41) is 9.95. The van der Waals surface area contributed by atoms with E-state index >= 15 is 0 Å². The average molecular weight is 363 g/mol. The molecule has 1 heterocycles. The van der Waals surface area contributed by atoms with Gasteiger partial charge in [0, 0.05) is 12.0 Å². The predicted octanol–water partition coefficient (Wildman–Crippen LogP) is 5.39. The van der Waals surface area contributed by atoms with Gasteiger partial charge in [-0.15, -0.1) is 0 Å². The standard InChI is InChI=1S/C23H38O3/c1-19(12-13-21(24)14-16-23(3,4)5)9-8-10-20(2)15-18-26-22-11-6-7-17-25-22/h9,15,21-22,24H,6-8,10-13,17-18H2,1-5H3/b19-9+,20-15+. The van der Waals surface area contributed by atoms with Crippen LogP contribution in [-0.2, 0) is 9.47 Å². The Balaban J connectivity index is 2.20. The van der Waals surface area contributed by atoms with E-state index in [-0.39, 0.29) is 11.7 Å². The minimum absolute atomic E-state index is 0.0113. The fourth-order valence-corrected chi connectivity index (χ4v) is 2.63. The molecule has 0 saturated carbocycles. The molecule has 1 rings (SSSR count). The van der Waals surface area contributed by atoms with E-state index in [0.29, 0.717) is 13.0 Å². The highest BCUT2D eigenvalue weighted by Crippen LogP contribution is 2.15. The summed E-state index contributed by atoms with van der Waals surface area (Å²) in [6.07, 6.45) is 10.9. The Bertz CT molecular complexity index is 508. The molecule has 0 aliphatic carbocycles. The van der Waals surface area contributed by atoms with Crippen LogP contribution in [0.15, 0.2) is 23.3 Å². The summed E-state index contributed by atoms with van der Waals surface area (Å²) in [6, 6.07) is 0. The third-order valence-electron chi connectivity index (χ3n) is 4.31. The van der Waals surface area contributed by atoms with Gasteiger partial charge >= 0.3 is 0 Å². The van der Waals surface area contributed by atoms with Crippen molar-refractivity contribution < 1.29 is 14.6 Å². The maximum Gasteiger partial charge on any atom is 0.157 e. The number of rotatable bonds is 9. The Morgan fingerprint density at radius 3 is 2.58 bits per heavy atom. The number of hydrogen-bond acceptors (Lipinski definition) is 3. The quantitative estimate of drug-likeness (QED) is 0.441. The van der Waals surface area contributed by atoms with E-state index in [2.05, 4.69) is 58.6 Å². The molecule has 2 atom stereocenters. The maximum atomic E-state index is 9.95. The van der Waals surface area contributed by atoms with E-state index in [9.17, 15) is 5.11 Å². The molecule has 148 valence electrons. The van der Waals surface area contributed by atoms with E-state index in [4.69, 9.17) is 9.47 Å². The van der Waals surface area contributed by atoms with Crippen LogP contribution in [0.5, 0.6) is 0 Å². The van der Waals surface area contributed by atoms with Crippen molar-refractivity contribution in [2.24, 2.45) is 5.41 Å². The van der Waals surface area contributed by atoms with Crippen LogP contribution in [0.3, 0.4) is 0 Å². The molecule has 0 amide bonds. The fraction of sp³-hybridized carbons (Fsp3) is 0.739. The van der Waals surface area contributed by atoms with Gasteiger partial charge in [-0.25, -0.2) is 0 Å². The summed E-state index contributed by atoms with van der Waals surface area (Å²) in [6.45, 7) is 11.9. The molecule has 1 saturated heterocycles. The molecule has 0 radical (unpaired) electrons. The average Bonchev–Trinajstić information content (AvgIpc) is 2.58. The molecule has 0 spiro atoms. The number of allylic oxidation sites excluding steroid dienone is 3. The molecule has 2 unspecified atom stereocenters. The molecule has 0 aromatic rings. The van der Waals surface area contributed by atoms with Crippen molar-refractivity contribution in [3.05, 3.63) is 23.3 Å². The summed E-state index contributed by atoms with van der Waals surface area (Å²) in [7, 11) is 0. The second-order valence-electron chi connectivity index (χ2n) is 8.34. The zero-order chi connectivity index (χ0) is 19.4. The Kier molecular flexibility index (Phi) is 10.9. The third-order valence-corrected chi connectivity index (χ3v) is 4.31. The highest BCUT2D eigenvalue weighted by Gasteiger charge is 2.12. The molecule has 3 heteroatoms. The highest BCUT2D eigenvalue weighted by molar-refractivity contribution is 5.12. The van der Waals surface area contributed by atoms with Gasteiger partial charge in [-0.05, 0) is 79.6 Å². The van der Waals surface area contributed by atoms with Gasteiger partial charge in [0.15, 0.2) is 6.29 Å². The lowest BCUT2D eigenvalue weighted by Gasteiger charge is -2.22. The number of aliphatic hydroxyl groups is 1. The molecule has 1 aliphatic heterocycles. The summed E-state index contributed by atoms with van der Waals surface area (Å²) in [4.78, 5) is 0. The van der Waals surface area contributed by atoms with Gasteiger partial charge in [0.25, 0.3) is 0 Å². The van der Waals surface area contributed by atoms with Crippen molar-refractivity contribution in [2.45, 2.75) is 92.0 Å². The van der Waals surface area contributed by atoms with Crippen molar-refractivity contribution in [1.29, 1.82) is 0 Å². The predicted molar refractivity (Wildman–Crippen MR) is 109 cm³/mol. The zero-order valence-electron chi connectivity index (χ0n) is 17.4. The first-order chi connectivity index (χ1) is 12.3. The molecule has 1 fully saturated rings. The van der Waals surface area contributed by atoms with E-state index in [0.717, 1.165) is 38.7 Å². The van der Waals surface area contributed by atoms with Crippen molar-refractivity contribution in [1.82, 2.24) is 0 Å². The van der Waals surface area contributed by atoms with Crippen LogP contribution in [0.1, 0.15) is 79.6 Å². The van der Waals surface area contributed by atoms with Crippen LogP contribution < -0.4 is 0 Å². The van der Waals surface area contributed by atoms with Crippen LogP contribution in [0, 0.1) is 17.3 Å². The Morgan fingerprint density at radius 2 is 1.92 bits per heavy atom. The van der Waals surface area contributed by atoms with Crippen LogP contribution in [0.4, 0.5) is 0 Å². The SMILES string of the molecule is C/C(=C\COC1CCCCO1)CC/C=C(\C)CCC(O)C#CC(C)(C)C. The van der Waals surface area contributed by atoms with Gasteiger partial charge in [0.1, 0.15) is 6.10 Å². The van der Waals surface area contributed by atoms with Crippen LogP contribution >= 0.6 is 0 Å².